The second-order valence-corrected chi connectivity index (χ2v) is 11.5. The van der Waals surface area contributed by atoms with Crippen molar-refractivity contribution in [2.24, 2.45) is 10.2 Å². The Morgan fingerprint density at radius 1 is 0.860 bits per heavy atom. The minimum atomic E-state index is -3.54. The molecule has 0 spiro atoms. The maximum Gasteiger partial charge on any atom is 0.271 e. The molecule has 1 heterocycles. The highest BCUT2D eigenvalue weighted by Crippen LogP contribution is 2.38. The van der Waals surface area contributed by atoms with E-state index < -0.39 is 14.8 Å². The van der Waals surface area contributed by atoms with E-state index in [1.807, 2.05) is 6.07 Å². The fourth-order valence-electron chi connectivity index (χ4n) is 4.20. The number of nitrogens with zero attached hydrogens (tertiary/aromatic N) is 6. The molecule has 2 N–H and O–H groups in total. The van der Waals surface area contributed by atoms with Crippen LogP contribution in [0.25, 0.3) is 10.8 Å². The summed E-state index contributed by atoms with van der Waals surface area (Å²) in [7, 11) is -3.54. The third kappa shape index (κ3) is 6.63. The van der Waals surface area contributed by atoms with Gasteiger partial charge in [-0.2, -0.15) is 0 Å². The number of sulfone groups is 1. The van der Waals surface area contributed by atoms with E-state index >= 15 is 0 Å². The number of benzene rings is 4. The Morgan fingerprint density at radius 2 is 1.49 bits per heavy atom. The van der Waals surface area contributed by atoms with Gasteiger partial charge in [0.1, 0.15) is 28.8 Å². The van der Waals surface area contributed by atoms with Gasteiger partial charge in [-0.1, -0.05) is 36.9 Å². The number of hydrogen-bond acceptors (Lipinski definition) is 11. The summed E-state index contributed by atoms with van der Waals surface area (Å²) >= 11 is 6.18. The predicted molar refractivity (Wildman–Crippen MR) is 159 cm³/mol. The van der Waals surface area contributed by atoms with Gasteiger partial charge in [0, 0.05) is 35.8 Å². The van der Waals surface area contributed by atoms with E-state index in [2.05, 4.69) is 31.8 Å². The molecule has 43 heavy (non-hydrogen) atoms. The zero-order valence-corrected chi connectivity index (χ0v) is 23.7. The smallest absolute Gasteiger partial charge is 0.271 e. The summed E-state index contributed by atoms with van der Waals surface area (Å²) in [5, 5.41) is 41.9. The lowest BCUT2D eigenvalue weighted by molar-refractivity contribution is -0.384. The first kappa shape index (κ1) is 29.2. The zero-order valence-electron chi connectivity index (χ0n) is 22.1. The van der Waals surface area contributed by atoms with E-state index in [-0.39, 0.29) is 51.6 Å². The van der Waals surface area contributed by atoms with Gasteiger partial charge in [-0.05, 0) is 58.4 Å². The van der Waals surface area contributed by atoms with Crippen molar-refractivity contribution in [2.75, 3.05) is 0 Å². The van der Waals surface area contributed by atoms with Crippen molar-refractivity contribution >= 4 is 49.3 Å². The molecule has 0 bridgehead atoms. The monoisotopic (exact) mass is 616 g/mol. The largest absolute Gasteiger partial charge is 0.506 e. The Kier molecular flexibility index (Phi) is 8.10. The van der Waals surface area contributed by atoms with Crippen LogP contribution in [0, 0.1) is 10.1 Å². The van der Waals surface area contributed by atoms with Crippen LogP contribution in [-0.2, 0) is 22.7 Å². The van der Waals surface area contributed by atoms with Gasteiger partial charge >= 0.3 is 0 Å². The van der Waals surface area contributed by atoms with Gasteiger partial charge < -0.3 is 10.2 Å². The topological polar surface area (TPSA) is 181 Å². The van der Waals surface area contributed by atoms with Crippen LogP contribution in [0.1, 0.15) is 22.8 Å². The predicted octanol–water partition coefficient (Wildman–Crippen LogP) is 6.51. The van der Waals surface area contributed by atoms with Crippen LogP contribution in [0.2, 0.25) is 5.28 Å². The fourth-order valence-corrected chi connectivity index (χ4v) is 5.10. The van der Waals surface area contributed by atoms with Crippen molar-refractivity contribution < 1.29 is 23.6 Å². The zero-order chi connectivity index (χ0) is 30.7. The first-order chi connectivity index (χ1) is 20.5. The number of halogens is 1. The number of non-ortho nitro benzene ring substituents is 1. The molecule has 12 nitrogen and oxygen atoms in total. The molecule has 0 atom stereocenters. The standard InChI is InChI=1S/C29H21ClN6O6S/c1-2-43(41,42)21-9-4-17(5-10-21)14-26-31-27(33-29(30)32-26)15-18-3-6-19-7-11-23(28(38)22(19)13-18)34-35-24-16-20(36(39)40)8-12-25(24)37/h2-13,16,37-38H,1,14-15H2. The highest BCUT2D eigenvalue weighted by atomic mass is 35.5. The van der Waals surface area contributed by atoms with Crippen molar-refractivity contribution in [3.8, 4) is 11.5 Å². The van der Waals surface area contributed by atoms with Gasteiger partial charge in [0.25, 0.3) is 5.69 Å². The van der Waals surface area contributed by atoms with Crippen LogP contribution in [0.3, 0.4) is 0 Å². The number of rotatable bonds is 9. The number of hydrogen-bond donors (Lipinski definition) is 2. The van der Waals surface area contributed by atoms with E-state index in [1.54, 1.807) is 30.3 Å². The molecule has 0 saturated carbocycles. The average molecular weight is 617 g/mol. The van der Waals surface area contributed by atoms with Crippen LogP contribution in [0.5, 0.6) is 11.5 Å². The molecule has 5 rings (SSSR count). The molecule has 0 radical (unpaired) electrons. The number of aromatic nitrogens is 3. The first-order valence-corrected chi connectivity index (χ1v) is 14.4. The second kappa shape index (κ2) is 11.9. The minimum absolute atomic E-state index is 0.00147. The Labute approximate surface area is 249 Å². The van der Waals surface area contributed by atoms with Gasteiger partial charge in [0.15, 0.2) is 15.6 Å². The van der Waals surface area contributed by atoms with Crippen molar-refractivity contribution in [3.05, 3.63) is 123 Å². The molecular formula is C29H21ClN6O6S. The van der Waals surface area contributed by atoms with E-state index in [9.17, 15) is 28.7 Å². The normalized spacial score (nSPS) is 11.7. The molecule has 0 saturated heterocycles. The highest BCUT2D eigenvalue weighted by molar-refractivity contribution is 7.94. The number of phenols is 2. The summed E-state index contributed by atoms with van der Waals surface area (Å²) in [6.45, 7) is 3.33. The van der Waals surface area contributed by atoms with Crippen LogP contribution >= 0.6 is 11.6 Å². The van der Waals surface area contributed by atoms with E-state index in [1.165, 1.54) is 18.2 Å². The molecule has 4 aromatic carbocycles. The molecule has 1 aromatic heterocycles. The quantitative estimate of drug-likeness (QED) is 0.106. The number of nitro groups is 1. The Morgan fingerprint density at radius 3 is 2.16 bits per heavy atom. The Hall–Kier alpha value is -5.27. The summed E-state index contributed by atoms with van der Waals surface area (Å²) in [6.07, 6.45) is 0.547. The Balaban J connectivity index is 1.39. The number of aromatic hydroxyl groups is 2. The van der Waals surface area contributed by atoms with Crippen LogP contribution in [0.4, 0.5) is 17.1 Å². The lowest BCUT2D eigenvalue weighted by Crippen LogP contribution is -2.05. The van der Waals surface area contributed by atoms with Crippen LogP contribution in [-0.4, -0.2) is 38.5 Å². The molecule has 0 fully saturated rings. The third-order valence-corrected chi connectivity index (χ3v) is 7.91. The average Bonchev–Trinajstić information content (AvgIpc) is 2.97. The maximum absolute atomic E-state index is 12.0. The number of phenolic OH excluding ortho intramolecular Hbond substituents is 2. The van der Waals surface area contributed by atoms with Crippen molar-refractivity contribution in [2.45, 2.75) is 17.7 Å². The second-order valence-electron chi connectivity index (χ2n) is 9.26. The summed E-state index contributed by atoms with van der Waals surface area (Å²) in [5.41, 5.74) is 1.22. The minimum Gasteiger partial charge on any atom is -0.506 e. The van der Waals surface area contributed by atoms with E-state index in [4.69, 9.17) is 11.6 Å². The first-order valence-electron chi connectivity index (χ1n) is 12.5. The van der Waals surface area contributed by atoms with Crippen LogP contribution in [0.15, 0.2) is 99.9 Å². The molecule has 0 amide bonds. The molecule has 0 unspecified atom stereocenters. The fraction of sp³-hybridized carbons (Fsp3) is 0.0690. The van der Waals surface area contributed by atoms with Gasteiger partial charge in [0.2, 0.25) is 5.28 Å². The van der Waals surface area contributed by atoms with Gasteiger partial charge in [-0.25, -0.2) is 23.4 Å². The van der Waals surface area contributed by atoms with Gasteiger partial charge in [0.05, 0.1) is 9.82 Å². The summed E-state index contributed by atoms with van der Waals surface area (Å²) < 4.78 is 23.9. The molecule has 14 heteroatoms. The SMILES string of the molecule is C=CS(=O)(=O)c1ccc(Cc2nc(Cl)nc(Cc3ccc4ccc(N=Nc5cc([N+](=O)[O-])ccc5O)c(O)c4c3)n2)cc1. The number of nitro benzene ring substituents is 1. The molecule has 5 aromatic rings. The van der Waals surface area contributed by atoms with Crippen molar-refractivity contribution in [1.29, 1.82) is 0 Å². The summed E-state index contributed by atoms with van der Waals surface area (Å²) in [5.74, 6) is 0.302. The third-order valence-electron chi connectivity index (χ3n) is 6.37. The number of azo groups is 1. The summed E-state index contributed by atoms with van der Waals surface area (Å²) in [6, 6.07) is 18.3. The number of fused-ring (bicyclic) bond motifs is 1. The van der Waals surface area contributed by atoms with E-state index in [0.29, 0.717) is 17.0 Å². The lowest BCUT2D eigenvalue weighted by Gasteiger charge is -2.08. The molecule has 216 valence electrons. The Bertz CT molecular complexity index is 2030. The van der Waals surface area contributed by atoms with Crippen molar-refractivity contribution in [1.82, 2.24) is 15.0 Å². The summed E-state index contributed by atoms with van der Waals surface area (Å²) in [4.78, 5) is 23.5. The highest BCUT2D eigenvalue weighted by Gasteiger charge is 2.14. The van der Waals surface area contributed by atoms with Gasteiger partial charge in [-0.3, -0.25) is 10.1 Å². The van der Waals surface area contributed by atoms with E-state index in [0.717, 1.165) is 40.1 Å². The van der Waals surface area contributed by atoms with Gasteiger partial charge in [-0.15, -0.1) is 10.2 Å². The molecule has 0 aliphatic carbocycles. The molecular weight excluding hydrogens is 596 g/mol. The maximum atomic E-state index is 12.0. The van der Waals surface area contributed by atoms with Crippen LogP contribution < -0.4 is 0 Å². The molecule has 0 aliphatic rings. The molecule has 0 aliphatic heterocycles. The van der Waals surface area contributed by atoms with Crippen molar-refractivity contribution in [3.63, 3.8) is 0 Å². The lowest BCUT2D eigenvalue weighted by atomic mass is 10.0.